The van der Waals surface area contributed by atoms with Gasteiger partial charge in [0.25, 0.3) is 5.91 Å². The largest absolute Gasteiger partial charge is 0.497 e. The predicted octanol–water partition coefficient (Wildman–Crippen LogP) is 5.23. The van der Waals surface area contributed by atoms with E-state index in [9.17, 15) is 4.79 Å². The Morgan fingerprint density at radius 3 is 2.30 bits per heavy atom. The standard InChI is InChI=1S/C27H25N3O3/c1-3-33-22-15-11-20(12-16-22)26-23-24(19-9-13-21(32-2)14-10-19)28-29-25(23)27(31)30(26)17-18-7-5-4-6-8-18/h4-16,26H,3,17H2,1-2H3,(H,28,29). The van der Waals surface area contributed by atoms with Crippen molar-refractivity contribution >= 4 is 5.91 Å². The first kappa shape index (κ1) is 20.8. The highest BCUT2D eigenvalue weighted by molar-refractivity contribution is 6.00. The summed E-state index contributed by atoms with van der Waals surface area (Å²) in [6, 6.07) is 25.5. The van der Waals surface area contributed by atoms with E-state index in [0.29, 0.717) is 18.8 Å². The zero-order valence-electron chi connectivity index (χ0n) is 18.6. The maximum absolute atomic E-state index is 13.5. The van der Waals surface area contributed by atoms with Crippen LogP contribution in [0, 0.1) is 0 Å². The minimum atomic E-state index is -0.265. The van der Waals surface area contributed by atoms with E-state index >= 15 is 0 Å². The minimum absolute atomic E-state index is 0.0556. The summed E-state index contributed by atoms with van der Waals surface area (Å²) in [6.07, 6.45) is 0. The summed E-state index contributed by atoms with van der Waals surface area (Å²) < 4.78 is 10.9. The summed E-state index contributed by atoms with van der Waals surface area (Å²) >= 11 is 0. The lowest BCUT2D eigenvalue weighted by atomic mass is 9.95. The summed E-state index contributed by atoms with van der Waals surface area (Å²) in [6.45, 7) is 3.07. The highest BCUT2D eigenvalue weighted by atomic mass is 16.5. The van der Waals surface area contributed by atoms with Crippen LogP contribution >= 0.6 is 0 Å². The van der Waals surface area contributed by atoms with Crippen LogP contribution < -0.4 is 9.47 Å². The Hall–Kier alpha value is -4.06. The number of aromatic amines is 1. The van der Waals surface area contributed by atoms with E-state index in [0.717, 1.165) is 39.4 Å². The number of hydrogen-bond donors (Lipinski definition) is 1. The number of nitrogens with one attached hydrogen (secondary N) is 1. The Morgan fingerprint density at radius 2 is 1.64 bits per heavy atom. The third kappa shape index (κ3) is 3.84. The molecule has 4 aromatic rings. The van der Waals surface area contributed by atoms with Crippen molar-refractivity contribution in [3.8, 4) is 22.8 Å². The number of amides is 1. The molecule has 5 rings (SSSR count). The van der Waals surface area contributed by atoms with Gasteiger partial charge in [0.2, 0.25) is 0 Å². The van der Waals surface area contributed by atoms with Crippen LogP contribution in [0.4, 0.5) is 0 Å². The van der Waals surface area contributed by atoms with Crippen molar-refractivity contribution in [3.05, 3.63) is 101 Å². The van der Waals surface area contributed by atoms with E-state index in [1.165, 1.54) is 0 Å². The van der Waals surface area contributed by atoms with Crippen LogP contribution in [0.2, 0.25) is 0 Å². The van der Waals surface area contributed by atoms with Crippen LogP contribution in [0.25, 0.3) is 11.3 Å². The number of nitrogens with zero attached hydrogens (tertiary/aromatic N) is 2. The van der Waals surface area contributed by atoms with E-state index in [1.807, 2.05) is 90.7 Å². The molecular formula is C27H25N3O3. The van der Waals surface area contributed by atoms with Crippen LogP contribution in [0.15, 0.2) is 78.9 Å². The fraction of sp³-hybridized carbons (Fsp3) is 0.185. The first-order valence-electron chi connectivity index (χ1n) is 11.0. The van der Waals surface area contributed by atoms with Crippen molar-refractivity contribution in [2.75, 3.05) is 13.7 Å². The van der Waals surface area contributed by atoms with E-state index in [4.69, 9.17) is 9.47 Å². The number of fused-ring (bicyclic) bond motifs is 1. The molecule has 2 heterocycles. The normalized spacial score (nSPS) is 14.9. The van der Waals surface area contributed by atoms with Crippen molar-refractivity contribution in [3.63, 3.8) is 0 Å². The Balaban J connectivity index is 1.60. The van der Waals surface area contributed by atoms with Crippen LogP contribution in [0.1, 0.15) is 40.1 Å². The molecule has 1 N–H and O–H groups in total. The number of hydrogen-bond acceptors (Lipinski definition) is 4. The Bertz CT molecular complexity index is 1250. The van der Waals surface area contributed by atoms with Gasteiger partial charge >= 0.3 is 0 Å². The highest BCUT2D eigenvalue weighted by Crippen LogP contribution is 2.43. The highest BCUT2D eigenvalue weighted by Gasteiger charge is 2.42. The van der Waals surface area contributed by atoms with Gasteiger partial charge in [0, 0.05) is 17.7 Å². The van der Waals surface area contributed by atoms with Crippen molar-refractivity contribution < 1.29 is 14.3 Å². The first-order valence-corrected chi connectivity index (χ1v) is 11.0. The van der Waals surface area contributed by atoms with Gasteiger partial charge in [-0.2, -0.15) is 5.10 Å². The van der Waals surface area contributed by atoms with Gasteiger partial charge in [0.15, 0.2) is 0 Å². The van der Waals surface area contributed by atoms with Gasteiger partial charge in [-0.15, -0.1) is 0 Å². The molecule has 0 aliphatic carbocycles. The average molecular weight is 440 g/mol. The molecule has 6 heteroatoms. The first-order chi connectivity index (χ1) is 16.2. The lowest BCUT2D eigenvalue weighted by molar-refractivity contribution is 0.0730. The van der Waals surface area contributed by atoms with Crippen molar-refractivity contribution in [1.82, 2.24) is 15.1 Å². The molecule has 1 aliphatic rings. The number of H-pyrrole nitrogens is 1. The summed E-state index contributed by atoms with van der Waals surface area (Å²) in [5.41, 5.74) is 5.22. The molecule has 0 fully saturated rings. The lowest BCUT2D eigenvalue weighted by Crippen LogP contribution is -2.29. The quantitative estimate of drug-likeness (QED) is 0.428. The van der Waals surface area contributed by atoms with Gasteiger partial charge in [-0.25, -0.2) is 0 Å². The summed E-state index contributed by atoms with van der Waals surface area (Å²) in [4.78, 5) is 15.4. The number of ether oxygens (including phenoxy) is 2. The van der Waals surface area contributed by atoms with Crippen molar-refractivity contribution in [2.45, 2.75) is 19.5 Å². The van der Waals surface area contributed by atoms with Crippen molar-refractivity contribution in [1.29, 1.82) is 0 Å². The second-order valence-corrected chi connectivity index (χ2v) is 7.91. The molecule has 0 radical (unpaired) electrons. The molecule has 1 aromatic heterocycles. The van der Waals surface area contributed by atoms with Crippen molar-refractivity contribution in [2.24, 2.45) is 0 Å². The maximum Gasteiger partial charge on any atom is 0.273 e. The second-order valence-electron chi connectivity index (χ2n) is 7.91. The molecule has 0 spiro atoms. The molecule has 33 heavy (non-hydrogen) atoms. The van der Waals surface area contributed by atoms with Crippen LogP contribution in [0.5, 0.6) is 11.5 Å². The summed E-state index contributed by atoms with van der Waals surface area (Å²) in [5, 5.41) is 7.55. The van der Waals surface area contributed by atoms with Gasteiger partial charge in [-0.05, 0) is 54.4 Å². The Kier molecular flexibility index (Phi) is 5.57. The van der Waals surface area contributed by atoms with Gasteiger partial charge in [0.05, 0.1) is 25.5 Å². The molecule has 0 saturated heterocycles. The van der Waals surface area contributed by atoms with Gasteiger partial charge in [-0.3, -0.25) is 9.89 Å². The number of aromatic nitrogens is 2. The van der Waals surface area contributed by atoms with Crippen LogP contribution in [0.3, 0.4) is 0 Å². The zero-order valence-corrected chi connectivity index (χ0v) is 18.6. The zero-order chi connectivity index (χ0) is 22.8. The fourth-order valence-corrected chi connectivity index (χ4v) is 4.37. The van der Waals surface area contributed by atoms with Crippen LogP contribution in [-0.2, 0) is 6.54 Å². The number of benzene rings is 3. The Morgan fingerprint density at radius 1 is 0.939 bits per heavy atom. The second kappa shape index (κ2) is 8.82. The third-order valence-electron chi connectivity index (χ3n) is 5.93. The van der Waals surface area contributed by atoms with E-state index in [-0.39, 0.29) is 11.9 Å². The number of carbonyl (C=O) groups excluding carboxylic acids is 1. The topological polar surface area (TPSA) is 67.5 Å². The minimum Gasteiger partial charge on any atom is -0.497 e. The van der Waals surface area contributed by atoms with Gasteiger partial charge in [-0.1, -0.05) is 42.5 Å². The van der Waals surface area contributed by atoms with E-state index in [2.05, 4.69) is 10.2 Å². The molecule has 0 bridgehead atoms. The molecule has 3 aromatic carbocycles. The molecule has 1 amide bonds. The monoisotopic (exact) mass is 439 g/mol. The predicted molar refractivity (Wildman–Crippen MR) is 126 cm³/mol. The molecule has 166 valence electrons. The van der Waals surface area contributed by atoms with Crippen LogP contribution in [-0.4, -0.2) is 34.7 Å². The maximum atomic E-state index is 13.5. The number of rotatable bonds is 7. The third-order valence-corrected chi connectivity index (χ3v) is 5.93. The van der Waals surface area contributed by atoms with E-state index < -0.39 is 0 Å². The summed E-state index contributed by atoms with van der Waals surface area (Å²) in [5.74, 6) is 1.53. The molecule has 6 nitrogen and oxygen atoms in total. The Labute approximate surface area is 192 Å². The SMILES string of the molecule is CCOc1ccc(C2c3c(-c4ccc(OC)cc4)n[nH]c3C(=O)N2Cc2ccccc2)cc1. The average Bonchev–Trinajstić information content (AvgIpc) is 3.40. The summed E-state index contributed by atoms with van der Waals surface area (Å²) in [7, 11) is 1.64. The molecular weight excluding hydrogens is 414 g/mol. The number of methoxy groups -OCH3 is 1. The lowest BCUT2D eigenvalue weighted by Gasteiger charge is -2.26. The van der Waals surface area contributed by atoms with E-state index in [1.54, 1.807) is 7.11 Å². The molecule has 1 aliphatic heterocycles. The smallest absolute Gasteiger partial charge is 0.273 e. The fourth-order valence-electron chi connectivity index (χ4n) is 4.37. The van der Waals surface area contributed by atoms with Gasteiger partial charge in [0.1, 0.15) is 17.2 Å². The van der Waals surface area contributed by atoms with Gasteiger partial charge < -0.3 is 14.4 Å². The molecule has 1 atom stereocenters. The number of carbonyl (C=O) groups is 1. The molecule has 0 saturated carbocycles. The molecule has 1 unspecified atom stereocenters.